The van der Waals surface area contributed by atoms with E-state index in [1.165, 1.54) is 0 Å². The van der Waals surface area contributed by atoms with Crippen molar-refractivity contribution in [2.24, 2.45) is 0 Å². The molecule has 1 aromatic carbocycles. The Bertz CT molecular complexity index is 590. The van der Waals surface area contributed by atoms with Crippen molar-refractivity contribution in [3.05, 3.63) is 22.2 Å². The molecule has 0 fully saturated rings. The van der Waals surface area contributed by atoms with Gasteiger partial charge in [0.15, 0.2) is 0 Å². The lowest BCUT2D eigenvalue weighted by Gasteiger charge is -2.21. The number of hydrogen-bond donors (Lipinski definition) is 2. The van der Waals surface area contributed by atoms with E-state index in [1.807, 2.05) is 13.0 Å². The molecule has 1 aliphatic heterocycles. The van der Waals surface area contributed by atoms with Crippen LogP contribution in [0.5, 0.6) is 5.75 Å². The first-order chi connectivity index (χ1) is 10.7. The number of carbonyl (C=O) groups excluding carboxylic acids is 1. The van der Waals surface area contributed by atoms with Gasteiger partial charge in [-0.1, -0.05) is 15.9 Å². The molecule has 23 heavy (non-hydrogen) atoms. The SMILES string of the molecule is CCOc1ccc(Br)c2c1B(O)OC2CNC(=O)OC(C)(C)C. The van der Waals surface area contributed by atoms with Crippen LogP contribution in [0.15, 0.2) is 16.6 Å². The van der Waals surface area contributed by atoms with Crippen LogP contribution in [0.4, 0.5) is 4.79 Å². The van der Waals surface area contributed by atoms with Gasteiger partial charge >= 0.3 is 13.2 Å². The lowest BCUT2D eigenvalue weighted by molar-refractivity contribution is 0.0498. The second kappa shape index (κ2) is 7.11. The number of halogens is 1. The second-order valence-electron chi connectivity index (χ2n) is 6.17. The third-order valence-electron chi connectivity index (χ3n) is 3.19. The highest BCUT2D eigenvalue weighted by atomic mass is 79.9. The minimum Gasteiger partial charge on any atom is -0.494 e. The Labute approximate surface area is 144 Å². The molecular weight excluding hydrogens is 365 g/mol. The topological polar surface area (TPSA) is 77.0 Å². The van der Waals surface area contributed by atoms with Gasteiger partial charge in [-0.3, -0.25) is 0 Å². The van der Waals surface area contributed by atoms with Gasteiger partial charge in [0.1, 0.15) is 11.4 Å². The van der Waals surface area contributed by atoms with Crippen LogP contribution < -0.4 is 15.5 Å². The molecule has 0 spiro atoms. The third-order valence-corrected chi connectivity index (χ3v) is 3.88. The number of ether oxygens (including phenoxy) is 2. The molecule has 2 rings (SSSR count). The van der Waals surface area contributed by atoms with Gasteiger partial charge in [0.25, 0.3) is 0 Å². The number of amides is 1. The Morgan fingerprint density at radius 2 is 2.17 bits per heavy atom. The molecule has 0 radical (unpaired) electrons. The zero-order valence-corrected chi connectivity index (χ0v) is 15.3. The summed E-state index contributed by atoms with van der Waals surface area (Å²) in [7, 11) is -1.09. The van der Waals surface area contributed by atoms with E-state index in [1.54, 1.807) is 26.8 Å². The fourth-order valence-electron chi connectivity index (χ4n) is 2.39. The largest absolute Gasteiger partial charge is 0.495 e. The monoisotopic (exact) mass is 385 g/mol. The van der Waals surface area contributed by atoms with Gasteiger partial charge in [0, 0.05) is 16.5 Å². The number of benzene rings is 1. The molecule has 126 valence electrons. The van der Waals surface area contributed by atoms with Crippen molar-refractivity contribution in [1.82, 2.24) is 5.32 Å². The maximum atomic E-state index is 11.8. The molecule has 0 aliphatic carbocycles. The first-order valence-electron chi connectivity index (χ1n) is 7.48. The minimum absolute atomic E-state index is 0.188. The van der Waals surface area contributed by atoms with Crippen molar-refractivity contribution in [2.45, 2.75) is 39.4 Å². The number of hydrogen-bond acceptors (Lipinski definition) is 5. The summed E-state index contributed by atoms with van der Waals surface area (Å²) >= 11 is 3.47. The summed E-state index contributed by atoms with van der Waals surface area (Å²) in [4.78, 5) is 11.8. The molecule has 0 aromatic heterocycles. The molecule has 1 aliphatic rings. The Balaban J connectivity index is 2.14. The Hall–Kier alpha value is -1.25. The van der Waals surface area contributed by atoms with E-state index in [0.717, 1.165) is 10.0 Å². The highest BCUT2D eigenvalue weighted by molar-refractivity contribution is 9.10. The molecular formula is C15H21BBrNO5. The van der Waals surface area contributed by atoms with Crippen LogP contribution in [-0.2, 0) is 9.39 Å². The van der Waals surface area contributed by atoms with Gasteiger partial charge in [-0.25, -0.2) is 4.79 Å². The quantitative estimate of drug-likeness (QED) is 0.776. The zero-order chi connectivity index (χ0) is 17.2. The molecule has 0 bridgehead atoms. The summed E-state index contributed by atoms with van der Waals surface area (Å²) in [5.74, 6) is 0.581. The molecule has 1 unspecified atom stereocenters. The number of carbonyl (C=O) groups is 1. The fourth-order valence-corrected chi connectivity index (χ4v) is 2.99. The van der Waals surface area contributed by atoms with E-state index >= 15 is 0 Å². The first kappa shape index (κ1) is 18.1. The summed E-state index contributed by atoms with van der Waals surface area (Å²) in [6.07, 6.45) is -1.01. The van der Waals surface area contributed by atoms with Gasteiger partial charge < -0.3 is 24.5 Å². The summed E-state index contributed by atoms with van der Waals surface area (Å²) in [5.41, 5.74) is 0.803. The van der Waals surface area contributed by atoms with Crippen molar-refractivity contribution >= 4 is 34.6 Å². The van der Waals surface area contributed by atoms with E-state index in [2.05, 4.69) is 21.2 Å². The Kier molecular flexibility index (Phi) is 5.59. The standard InChI is InChI=1S/C15H21BBrNO5/c1-5-21-10-7-6-9(17)12-11(23-16(20)13(10)12)8-18-14(19)22-15(2,3)4/h6-7,11,20H,5,8H2,1-4H3,(H,18,19). The lowest BCUT2D eigenvalue weighted by atomic mass is 9.78. The van der Waals surface area contributed by atoms with Crippen molar-refractivity contribution in [3.63, 3.8) is 0 Å². The molecule has 8 heteroatoms. The molecule has 1 atom stereocenters. The van der Waals surface area contributed by atoms with Crippen LogP contribution in [0, 0.1) is 0 Å². The van der Waals surface area contributed by atoms with Crippen LogP contribution in [0.3, 0.4) is 0 Å². The molecule has 2 N–H and O–H groups in total. The van der Waals surface area contributed by atoms with Gasteiger partial charge in [-0.05, 0) is 45.4 Å². The van der Waals surface area contributed by atoms with Gasteiger partial charge in [0.2, 0.25) is 0 Å². The average Bonchev–Trinajstić information content (AvgIpc) is 2.76. The van der Waals surface area contributed by atoms with E-state index in [9.17, 15) is 9.82 Å². The number of nitrogens with one attached hydrogen (secondary N) is 1. The van der Waals surface area contributed by atoms with Crippen molar-refractivity contribution < 1.29 is 23.9 Å². The predicted octanol–water partition coefficient (Wildman–Crippen LogP) is 2.13. The van der Waals surface area contributed by atoms with E-state index < -0.39 is 24.9 Å². The number of fused-ring (bicyclic) bond motifs is 1. The van der Waals surface area contributed by atoms with Gasteiger partial charge in [-0.2, -0.15) is 0 Å². The number of alkyl carbamates (subject to hydrolysis) is 1. The molecule has 0 saturated heterocycles. The van der Waals surface area contributed by atoms with E-state index in [0.29, 0.717) is 17.8 Å². The maximum Gasteiger partial charge on any atom is 0.495 e. The van der Waals surface area contributed by atoms with Crippen LogP contribution in [0.2, 0.25) is 0 Å². The highest BCUT2D eigenvalue weighted by Crippen LogP contribution is 2.33. The molecule has 0 saturated carbocycles. The van der Waals surface area contributed by atoms with Crippen molar-refractivity contribution in [3.8, 4) is 5.75 Å². The molecule has 1 aromatic rings. The normalized spacial score (nSPS) is 17.0. The molecule has 1 amide bonds. The Morgan fingerprint density at radius 1 is 1.48 bits per heavy atom. The van der Waals surface area contributed by atoms with Crippen molar-refractivity contribution in [1.29, 1.82) is 0 Å². The summed E-state index contributed by atoms with van der Waals surface area (Å²) in [5, 5.41) is 12.8. The summed E-state index contributed by atoms with van der Waals surface area (Å²) in [6.45, 7) is 7.93. The van der Waals surface area contributed by atoms with E-state index in [4.69, 9.17) is 14.1 Å². The smallest absolute Gasteiger partial charge is 0.494 e. The zero-order valence-electron chi connectivity index (χ0n) is 13.7. The Morgan fingerprint density at radius 3 is 2.78 bits per heavy atom. The predicted molar refractivity (Wildman–Crippen MR) is 91.0 cm³/mol. The second-order valence-corrected chi connectivity index (χ2v) is 7.02. The van der Waals surface area contributed by atoms with Crippen molar-refractivity contribution in [2.75, 3.05) is 13.2 Å². The van der Waals surface area contributed by atoms with Gasteiger partial charge in [-0.15, -0.1) is 0 Å². The summed E-state index contributed by atoms with van der Waals surface area (Å²) < 4.78 is 17.1. The van der Waals surface area contributed by atoms with Crippen LogP contribution in [-0.4, -0.2) is 37.0 Å². The molecule has 1 heterocycles. The first-order valence-corrected chi connectivity index (χ1v) is 8.27. The summed E-state index contributed by atoms with van der Waals surface area (Å²) in [6, 6.07) is 3.62. The van der Waals surface area contributed by atoms with Crippen LogP contribution in [0.1, 0.15) is 39.4 Å². The maximum absolute atomic E-state index is 11.8. The third kappa shape index (κ3) is 4.40. The van der Waals surface area contributed by atoms with Gasteiger partial charge in [0.05, 0.1) is 12.7 Å². The van der Waals surface area contributed by atoms with Crippen LogP contribution >= 0.6 is 15.9 Å². The average molecular weight is 386 g/mol. The highest BCUT2D eigenvalue weighted by Gasteiger charge is 2.39. The number of rotatable bonds is 4. The molecule has 6 nitrogen and oxygen atoms in total. The van der Waals surface area contributed by atoms with Crippen LogP contribution in [0.25, 0.3) is 0 Å². The lowest BCUT2D eigenvalue weighted by Crippen LogP contribution is -2.35. The van der Waals surface area contributed by atoms with E-state index in [-0.39, 0.29) is 6.54 Å². The minimum atomic E-state index is -1.09. The fraction of sp³-hybridized carbons (Fsp3) is 0.533.